The lowest BCUT2D eigenvalue weighted by Crippen LogP contribution is -1.83. The third kappa shape index (κ3) is 1.62. The van der Waals surface area contributed by atoms with Gasteiger partial charge >= 0.3 is 0 Å². The molecule has 0 saturated carbocycles. The van der Waals surface area contributed by atoms with Crippen LogP contribution in [0.4, 0.5) is 0 Å². The summed E-state index contributed by atoms with van der Waals surface area (Å²) < 4.78 is 0. The van der Waals surface area contributed by atoms with Gasteiger partial charge in [0.15, 0.2) is 0 Å². The average molecular weight is 179 g/mol. The summed E-state index contributed by atoms with van der Waals surface area (Å²) in [5.41, 5.74) is 2.49. The smallest absolute Gasteiger partial charge is 0.101 e. The van der Waals surface area contributed by atoms with Crippen molar-refractivity contribution in [2.45, 2.75) is 0 Å². The van der Waals surface area contributed by atoms with E-state index in [4.69, 9.17) is 5.26 Å². The van der Waals surface area contributed by atoms with Crippen LogP contribution >= 0.6 is 0 Å². The zero-order chi connectivity index (χ0) is 9.80. The SMILES string of the molecule is N#Cc1ccc(-c2cc[c]cc2)nc1. The maximum atomic E-state index is 8.60. The van der Waals surface area contributed by atoms with Gasteiger partial charge in [-0.05, 0) is 18.2 Å². The summed E-state index contributed by atoms with van der Waals surface area (Å²) in [4.78, 5) is 4.18. The molecule has 1 heterocycles. The average Bonchev–Trinajstić information content (AvgIpc) is 2.30. The maximum Gasteiger partial charge on any atom is 0.101 e. The zero-order valence-corrected chi connectivity index (χ0v) is 7.44. The van der Waals surface area contributed by atoms with Crippen LogP contribution in [0, 0.1) is 17.4 Å². The molecule has 0 saturated heterocycles. The predicted octanol–water partition coefficient (Wildman–Crippen LogP) is 2.42. The van der Waals surface area contributed by atoms with Crippen molar-refractivity contribution in [1.29, 1.82) is 5.26 Å². The van der Waals surface area contributed by atoms with Crippen molar-refractivity contribution in [2.75, 3.05) is 0 Å². The number of nitriles is 1. The third-order valence-corrected chi connectivity index (χ3v) is 1.91. The minimum absolute atomic E-state index is 0.580. The van der Waals surface area contributed by atoms with Crippen molar-refractivity contribution in [1.82, 2.24) is 4.98 Å². The second-order valence-corrected chi connectivity index (χ2v) is 2.83. The van der Waals surface area contributed by atoms with Gasteiger partial charge in [0.2, 0.25) is 0 Å². The highest BCUT2D eigenvalue weighted by molar-refractivity contribution is 5.58. The molecule has 2 aromatic rings. The molecule has 0 atom stereocenters. The van der Waals surface area contributed by atoms with Gasteiger partial charge in [-0.15, -0.1) is 0 Å². The van der Waals surface area contributed by atoms with Crippen LogP contribution in [0.15, 0.2) is 42.6 Å². The Morgan fingerprint density at radius 3 is 2.50 bits per heavy atom. The van der Waals surface area contributed by atoms with Gasteiger partial charge < -0.3 is 0 Å². The molecule has 0 bridgehead atoms. The molecule has 2 rings (SSSR count). The Morgan fingerprint density at radius 2 is 1.93 bits per heavy atom. The summed E-state index contributed by atoms with van der Waals surface area (Å²) in [6.45, 7) is 0. The first kappa shape index (κ1) is 8.46. The molecular weight excluding hydrogens is 172 g/mol. The lowest BCUT2D eigenvalue weighted by Gasteiger charge is -1.98. The molecule has 65 valence electrons. The summed E-state index contributed by atoms with van der Waals surface area (Å²) in [5, 5.41) is 8.60. The summed E-state index contributed by atoms with van der Waals surface area (Å²) >= 11 is 0. The second-order valence-electron chi connectivity index (χ2n) is 2.83. The van der Waals surface area contributed by atoms with E-state index in [0.717, 1.165) is 11.3 Å². The van der Waals surface area contributed by atoms with Crippen molar-refractivity contribution >= 4 is 0 Å². The van der Waals surface area contributed by atoms with Crippen LogP contribution in [0.25, 0.3) is 11.3 Å². The van der Waals surface area contributed by atoms with Crippen LogP contribution in [0.2, 0.25) is 0 Å². The van der Waals surface area contributed by atoms with E-state index in [-0.39, 0.29) is 0 Å². The van der Waals surface area contributed by atoms with Gasteiger partial charge in [0.25, 0.3) is 0 Å². The quantitative estimate of drug-likeness (QED) is 0.674. The van der Waals surface area contributed by atoms with Crippen LogP contribution in [0.3, 0.4) is 0 Å². The molecule has 0 amide bonds. The van der Waals surface area contributed by atoms with Crippen LogP contribution < -0.4 is 0 Å². The highest BCUT2D eigenvalue weighted by atomic mass is 14.7. The number of rotatable bonds is 1. The van der Waals surface area contributed by atoms with Gasteiger partial charge in [0.05, 0.1) is 11.3 Å². The Morgan fingerprint density at radius 1 is 1.14 bits per heavy atom. The van der Waals surface area contributed by atoms with Crippen molar-refractivity contribution in [3.8, 4) is 17.3 Å². The standard InChI is InChI=1S/C12H7N2/c13-8-10-6-7-12(14-9-10)11-4-2-1-3-5-11/h2-7,9H. The highest BCUT2D eigenvalue weighted by Crippen LogP contribution is 2.15. The zero-order valence-electron chi connectivity index (χ0n) is 7.44. The third-order valence-electron chi connectivity index (χ3n) is 1.91. The number of nitrogens with zero attached hydrogens (tertiary/aromatic N) is 2. The first-order valence-electron chi connectivity index (χ1n) is 4.23. The minimum Gasteiger partial charge on any atom is -0.255 e. The Kier molecular flexibility index (Phi) is 2.24. The molecule has 0 aliphatic carbocycles. The van der Waals surface area contributed by atoms with E-state index >= 15 is 0 Å². The van der Waals surface area contributed by atoms with Gasteiger partial charge in [0.1, 0.15) is 6.07 Å². The fraction of sp³-hybridized carbons (Fsp3) is 0. The summed E-state index contributed by atoms with van der Waals surface area (Å²) in [5.74, 6) is 0. The van der Waals surface area contributed by atoms with Crippen LogP contribution in [-0.4, -0.2) is 4.98 Å². The maximum absolute atomic E-state index is 8.60. The molecule has 1 aromatic carbocycles. The molecule has 14 heavy (non-hydrogen) atoms. The number of hydrogen-bond acceptors (Lipinski definition) is 2. The fourth-order valence-corrected chi connectivity index (χ4v) is 1.19. The fourth-order valence-electron chi connectivity index (χ4n) is 1.19. The molecule has 0 fully saturated rings. The molecule has 0 aliphatic heterocycles. The van der Waals surface area contributed by atoms with E-state index in [1.807, 2.05) is 36.4 Å². The summed E-state index contributed by atoms with van der Waals surface area (Å²) in [7, 11) is 0. The van der Waals surface area contributed by atoms with Gasteiger partial charge in [-0.3, -0.25) is 4.98 Å². The molecule has 1 radical (unpaired) electrons. The molecule has 2 nitrogen and oxygen atoms in total. The summed E-state index contributed by atoms with van der Waals surface area (Å²) in [6, 6.07) is 16.1. The van der Waals surface area contributed by atoms with Gasteiger partial charge in [-0.1, -0.05) is 24.3 Å². The van der Waals surface area contributed by atoms with Crippen molar-refractivity contribution < 1.29 is 0 Å². The van der Waals surface area contributed by atoms with Gasteiger partial charge in [-0.2, -0.15) is 5.26 Å². The molecule has 0 N–H and O–H groups in total. The summed E-state index contributed by atoms with van der Waals surface area (Å²) in [6.07, 6.45) is 1.58. The molecular formula is C12H7N2. The van der Waals surface area contributed by atoms with Crippen LogP contribution in [0.1, 0.15) is 5.56 Å². The van der Waals surface area contributed by atoms with Gasteiger partial charge in [0, 0.05) is 11.8 Å². The van der Waals surface area contributed by atoms with Gasteiger partial charge in [-0.25, -0.2) is 0 Å². The Balaban J connectivity index is 2.40. The number of pyridine rings is 1. The lowest BCUT2D eigenvalue weighted by molar-refractivity contribution is 1.30. The Bertz CT molecular complexity index is 452. The normalized spacial score (nSPS) is 9.36. The van der Waals surface area contributed by atoms with Crippen LogP contribution in [0.5, 0.6) is 0 Å². The van der Waals surface area contributed by atoms with E-state index in [1.165, 1.54) is 0 Å². The Hall–Kier alpha value is -2.14. The highest BCUT2D eigenvalue weighted by Gasteiger charge is 1.97. The first-order valence-corrected chi connectivity index (χ1v) is 4.23. The first-order chi connectivity index (χ1) is 6.90. The van der Waals surface area contributed by atoms with Crippen molar-refractivity contribution in [3.05, 3.63) is 54.2 Å². The van der Waals surface area contributed by atoms with Crippen molar-refractivity contribution in [3.63, 3.8) is 0 Å². The molecule has 0 unspecified atom stereocenters. The topological polar surface area (TPSA) is 36.7 Å². The monoisotopic (exact) mass is 179 g/mol. The molecule has 1 aromatic heterocycles. The molecule has 0 aliphatic rings. The van der Waals surface area contributed by atoms with E-state index in [9.17, 15) is 0 Å². The number of aromatic nitrogens is 1. The molecule has 2 heteroatoms. The number of benzene rings is 1. The minimum atomic E-state index is 0.580. The number of hydrogen-bond donors (Lipinski definition) is 0. The largest absolute Gasteiger partial charge is 0.255 e. The van der Waals surface area contributed by atoms with Crippen LogP contribution in [-0.2, 0) is 0 Å². The van der Waals surface area contributed by atoms with E-state index in [0.29, 0.717) is 5.56 Å². The van der Waals surface area contributed by atoms with Crippen molar-refractivity contribution in [2.24, 2.45) is 0 Å². The Labute approximate surface area is 82.5 Å². The second kappa shape index (κ2) is 3.71. The van der Waals surface area contributed by atoms with E-state index in [2.05, 4.69) is 11.1 Å². The predicted molar refractivity (Wildman–Crippen MR) is 53.2 cm³/mol. The van der Waals surface area contributed by atoms with E-state index in [1.54, 1.807) is 12.3 Å². The molecule has 0 spiro atoms. The van der Waals surface area contributed by atoms with E-state index < -0.39 is 0 Å². The lowest BCUT2D eigenvalue weighted by atomic mass is 10.1.